The first-order chi connectivity index (χ1) is 10.3. The zero-order valence-electron chi connectivity index (χ0n) is 13.6. The quantitative estimate of drug-likeness (QED) is 0.861. The molecule has 1 atom stereocenters. The van der Waals surface area contributed by atoms with Crippen LogP contribution in [-0.2, 0) is 9.59 Å². The first-order valence-electron chi connectivity index (χ1n) is 7.68. The van der Waals surface area contributed by atoms with Crippen molar-refractivity contribution in [1.82, 2.24) is 4.90 Å². The summed E-state index contributed by atoms with van der Waals surface area (Å²) in [5, 5.41) is 0. The number of benzene rings is 1. The molecule has 0 aromatic heterocycles. The lowest BCUT2D eigenvalue weighted by Crippen LogP contribution is -2.58. The summed E-state index contributed by atoms with van der Waals surface area (Å²) < 4.78 is 13.7. The maximum atomic E-state index is 13.7. The first-order valence-corrected chi connectivity index (χ1v) is 7.68. The monoisotopic (exact) mass is 306 g/mol. The molecule has 2 rings (SSSR count). The van der Waals surface area contributed by atoms with Gasteiger partial charge in [-0.3, -0.25) is 9.59 Å². The molecule has 0 spiro atoms. The highest BCUT2D eigenvalue weighted by Crippen LogP contribution is 2.23. The second-order valence-corrected chi connectivity index (χ2v) is 6.28. The molecule has 1 fully saturated rings. The van der Waals surface area contributed by atoms with Gasteiger partial charge >= 0.3 is 0 Å². The van der Waals surface area contributed by atoms with Gasteiger partial charge in [0.2, 0.25) is 11.8 Å². The molecule has 0 radical (unpaired) electrons. The Hall–Kier alpha value is -1.91. The Kier molecular flexibility index (Phi) is 4.84. The van der Waals surface area contributed by atoms with E-state index in [1.54, 1.807) is 35.8 Å². The fraction of sp³-hybridized carbons (Fsp3) is 0.529. The predicted octanol–water partition coefficient (Wildman–Crippen LogP) is 2.74. The number of nitrogens with zero attached hydrogens (tertiary/aromatic N) is 2. The van der Waals surface area contributed by atoms with Gasteiger partial charge in [0, 0.05) is 25.2 Å². The van der Waals surface area contributed by atoms with Gasteiger partial charge in [0.15, 0.2) is 0 Å². The van der Waals surface area contributed by atoms with Crippen molar-refractivity contribution in [2.75, 3.05) is 18.0 Å². The number of rotatable bonds is 3. The molecule has 1 heterocycles. The van der Waals surface area contributed by atoms with Crippen LogP contribution in [0.2, 0.25) is 0 Å². The number of piperazine rings is 1. The first kappa shape index (κ1) is 16.5. The van der Waals surface area contributed by atoms with Crippen LogP contribution >= 0.6 is 0 Å². The van der Waals surface area contributed by atoms with E-state index in [0.717, 1.165) is 0 Å². The fourth-order valence-corrected chi connectivity index (χ4v) is 2.68. The average molecular weight is 306 g/mol. The minimum Gasteiger partial charge on any atom is -0.329 e. The van der Waals surface area contributed by atoms with Crippen molar-refractivity contribution >= 4 is 17.5 Å². The van der Waals surface area contributed by atoms with Gasteiger partial charge in [-0.05, 0) is 37.5 Å². The zero-order chi connectivity index (χ0) is 16.4. The summed E-state index contributed by atoms with van der Waals surface area (Å²) >= 11 is 0. The number of hydrogen-bond donors (Lipinski definition) is 0. The van der Waals surface area contributed by atoms with Crippen molar-refractivity contribution in [2.45, 2.75) is 40.2 Å². The average Bonchev–Trinajstić information content (AvgIpc) is 2.44. The summed E-state index contributed by atoms with van der Waals surface area (Å²) in [6.45, 7) is 8.26. The molecule has 1 aliphatic heterocycles. The van der Waals surface area contributed by atoms with Gasteiger partial charge in [-0.15, -0.1) is 0 Å². The highest BCUT2D eigenvalue weighted by Gasteiger charge is 2.35. The van der Waals surface area contributed by atoms with Gasteiger partial charge in [0.05, 0.1) is 0 Å². The highest BCUT2D eigenvalue weighted by molar-refractivity contribution is 6.00. The summed E-state index contributed by atoms with van der Waals surface area (Å²) in [6, 6.07) is 4.28. The smallest absolute Gasteiger partial charge is 0.249 e. The number of aryl methyl sites for hydroxylation is 1. The maximum absolute atomic E-state index is 13.7. The second-order valence-electron chi connectivity index (χ2n) is 6.28. The summed E-state index contributed by atoms with van der Waals surface area (Å²) in [7, 11) is 0. The Morgan fingerprint density at radius 2 is 2.05 bits per heavy atom. The molecule has 1 aliphatic rings. The van der Waals surface area contributed by atoms with Crippen LogP contribution in [0.4, 0.5) is 10.1 Å². The van der Waals surface area contributed by atoms with E-state index >= 15 is 0 Å². The van der Waals surface area contributed by atoms with Crippen molar-refractivity contribution in [2.24, 2.45) is 5.92 Å². The van der Waals surface area contributed by atoms with Crippen LogP contribution in [0, 0.1) is 18.7 Å². The highest BCUT2D eigenvalue weighted by atomic mass is 19.1. The number of carbonyl (C=O) groups excluding carboxylic acids is 2. The van der Waals surface area contributed by atoms with E-state index in [0.29, 0.717) is 30.8 Å². The molecule has 1 saturated heterocycles. The zero-order valence-corrected chi connectivity index (χ0v) is 13.6. The van der Waals surface area contributed by atoms with Gasteiger partial charge < -0.3 is 9.80 Å². The van der Waals surface area contributed by atoms with Crippen LogP contribution in [0.3, 0.4) is 0 Å². The lowest BCUT2D eigenvalue weighted by atomic mass is 10.1. The summed E-state index contributed by atoms with van der Waals surface area (Å²) in [4.78, 5) is 27.9. The van der Waals surface area contributed by atoms with Crippen LogP contribution in [-0.4, -0.2) is 35.8 Å². The predicted molar refractivity (Wildman–Crippen MR) is 84.1 cm³/mol. The molecule has 5 heteroatoms. The lowest BCUT2D eigenvalue weighted by molar-refractivity contribution is -0.141. The van der Waals surface area contributed by atoms with E-state index in [1.807, 2.05) is 13.8 Å². The van der Waals surface area contributed by atoms with Gasteiger partial charge in [-0.2, -0.15) is 0 Å². The van der Waals surface area contributed by atoms with Crippen LogP contribution in [0.15, 0.2) is 18.2 Å². The van der Waals surface area contributed by atoms with Crippen molar-refractivity contribution in [3.8, 4) is 0 Å². The summed E-state index contributed by atoms with van der Waals surface area (Å²) in [6.07, 6.45) is 0.441. The van der Waals surface area contributed by atoms with E-state index in [9.17, 15) is 14.0 Å². The molecule has 0 N–H and O–H groups in total. The van der Waals surface area contributed by atoms with E-state index in [-0.39, 0.29) is 23.5 Å². The van der Waals surface area contributed by atoms with Crippen LogP contribution in [0.25, 0.3) is 0 Å². The van der Waals surface area contributed by atoms with Crippen LogP contribution in [0.5, 0.6) is 0 Å². The minimum absolute atomic E-state index is 0.00517. The molecular weight excluding hydrogens is 283 g/mol. The lowest BCUT2D eigenvalue weighted by Gasteiger charge is -2.39. The molecule has 1 aromatic carbocycles. The van der Waals surface area contributed by atoms with E-state index < -0.39 is 6.04 Å². The largest absolute Gasteiger partial charge is 0.329 e. The fourth-order valence-electron chi connectivity index (χ4n) is 2.68. The molecule has 0 bridgehead atoms. The Bertz CT molecular complexity index is 586. The summed E-state index contributed by atoms with van der Waals surface area (Å²) in [5.74, 6) is -0.215. The van der Waals surface area contributed by atoms with Gasteiger partial charge in [0.1, 0.15) is 11.9 Å². The molecule has 0 saturated carbocycles. The second kappa shape index (κ2) is 6.46. The van der Waals surface area contributed by atoms with E-state index in [4.69, 9.17) is 0 Å². The standard InChI is InChI=1S/C17H23FN2O2/c1-11(2)9-16(21)19-7-8-20(17(22)13(19)4)14-6-5-12(3)15(18)10-14/h5-6,10-11,13H,7-9H2,1-4H3/t13-/m0/s1. The normalized spacial score (nSPS) is 19.0. The number of amides is 2. The Balaban J connectivity index is 2.15. The molecule has 120 valence electrons. The van der Waals surface area contributed by atoms with Gasteiger partial charge in [-0.25, -0.2) is 4.39 Å². The van der Waals surface area contributed by atoms with Gasteiger partial charge in [-0.1, -0.05) is 19.9 Å². The molecule has 22 heavy (non-hydrogen) atoms. The van der Waals surface area contributed by atoms with Gasteiger partial charge in [0.25, 0.3) is 0 Å². The Morgan fingerprint density at radius 1 is 1.36 bits per heavy atom. The molecule has 1 aromatic rings. The Labute approximate surface area is 130 Å². The number of carbonyl (C=O) groups is 2. The van der Waals surface area contributed by atoms with Crippen molar-refractivity contribution in [1.29, 1.82) is 0 Å². The molecule has 0 unspecified atom stereocenters. The Morgan fingerprint density at radius 3 is 2.64 bits per heavy atom. The minimum atomic E-state index is -0.510. The van der Waals surface area contributed by atoms with Crippen molar-refractivity contribution in [3.63, 3.8) is 0 Å². The SMILES string of the molecule is Cc1ccc(N2CCN(C(=O)CC(C)C)[C@@H](C)C2=O)cc1F. The molecule has 2 amide bonds. The number of hydrogen-bond acceptors (Lipinski definition) is 2. The maximum Gasteiger partial charge on any atom is 0.249 e. The topological polar surface area (TPSA) is 40.6 Å². The summed E-state index contributed by atoms with van der Waals surface area (Å²) in [5.41, 5.74) is 1.10. The van der Waals surface area contributed by atoms with E-state index in [1.165, 1.54) is 6.07 Å². The molecular formula is C17H23FN2O2. The van der Waals surface area contributed by atoms with E-state index in [2.05, 4.69) is 0 Å². The van der Waals surface area contributed by atoms with Crippen molar-refractivity contribution < 1.29 is 14.0 Å². The third-order valence-corrected chi connectivity index (χ3v) is 4.03. The van der Waals surface area contributed by atoms with Crippen molar-refractivity contribution in [3.05, 3.63) is 29.6 Å². The third kappa shape index (κ3) is 3.29. The van der Waals surface area contributed by atoms with Crippen LogP contribution < -0.4 is 4.90 Å². The number of anilines is 1. The molecule has 4 nitrogen and oxygen atoms in total. The third-order valence-electron chi connectivity index (χ3n) is 4.03. The van der Waals surface area contributed by atoms with Crippen LogP contribution in [0.1, 0.15) is 32.8 Å². The molecule has 0 aliphatic carbocycles. The number of halogens is 1.